The fraction of sp³-hybridized carbons (Fsp3) is 0.357. The minimum Gasteiger partial charge on any atom is -0.485 e. The van der Waals surface area contributed by atoms with Crippen molar-refractivity contribution in [2.45, 2.75) is 32.8 Å². The lowest BCUT2D eigenvalue weighted by Gasteiger charge is -2.10. The zero-order valence-corrected chi connectivity index (χ0v) is 12.6. The monoisotopic (exact) mass is 310 g/mol. The number of hydrogen-bond acceptors (Lipinski definition) is 5. The van der Waals surface area contributed by atoms with E-state index < -0.39 is 5.97 Å². The van der Waals surface area contributed by atoms with Gasteiger partial charge in [-0.15, -0.1) is 0 Å². The molecule has 7 heteroatoms. The highest BCUT2D eigenvalue weighted by Gasteiger charge is 2.22. The van der Waals surface area contributed by atoms with Gasteiger partial charge in [0.2, 0.25) is 11.7 Å². The number of carbonyl (C=O) groups is 1. The molecule has 21 heavy (non-hydrogen) atoms. The van der Waals surface area contributed by atoms with E-state index in [-0.39, 0.29) is 23.3 Å². The van der Waals surface area contributed by atoms with Crippen LogP contribution in [0.3, 0.4) is 0 Å². The average molecular weight is 311 g/mol. The molecule has 1 N–H and O–H groups in total. The van der Waals surface area contributed by atoms with Crippen LogP contribution in [0, 0.1) is 0 Å². The number of benzene rings is 1. The number of rotatable bonds is 4. The molecule has 0 aliphatic rings. The highest BCUT2D eigenvalue weighted by Crippen LogP contribution is 2.24. The third-order valence-electron chi connectivity index (χ3n) is 2.64. The Labute approximate surface area is 126 Å². The van der Waals surface area contributed by atoms with Crippen LogP contribution in [-0.2, 0) is 12.0 Å². The fourth-order valence-corrected chi connectivity index (χ4v) is 1.73. The van der Waals surface area contributed by atoms with E-state index in [1.165, 1.54) is 12.1 Å². The third-order valence-corrected chi connectivity index (χ3v) is 2.87. The van der Waals surface area contributed by atoms with Crippen LogP contribution in [0.2, 0.25) is 5.02 Å². The van der Waals surface area contributed by atoms with Crippen LogP contribution < -0.4 is 4.74 Å². The molecule has 0 amide bonds. The van der Waals surface area contributed by atoms with Crippen LogP contribution in [0.25, 0.3) is 0 Å². The van der Waals surface area contributed by atoms with E-state index in [9.17, 15) is 4.79 Å². The molecule has 0 aliphatic carbocycles. The van der Waals surface area contributed by atoms with Crippen molar-refractivity contribution in [2.75, 3.05) is 0 Å². The maximum atomic E-state index is 11.1. The number of aromatic nitrogens is 2. The molecular weight excluding hydrogens is 296 g/mol. The average Bonchev–Trinajstić information content (AvgIpc) is 2.85. The minimum atomic E-state index is -1.11. The van der Waals surface area contributed by atoms with Crippen molar-refractivity contribution >= 4 is 17.6 Å². The van der Waals surface area contributed by atoms with Crippen molar-refractivity contribution in [3.05, 3.63) is 40.5 Å². The Hall–Kier alpha value is -2.08. The summed E-state index contributed by atoms with van der Waals surface area (Å²) in [7, 11) is 0. The fourth-order valence-electron chi connectivity index (χ4n) is 1.55. The lowest BCUT2D eigenvalue weighted by Crippen LogP contribution is -2.11. The van der Waals surface area contributed by atoms with Gasteiger partial charge in [0, 0.05) is 10.4 Å². The van der Waals surface area contributed by atoms with Crippen LogP contribution in [0.5, 0.6) is 5.75 Å². The number of carboxylic acid groups (broad SMARTS) is 1. The molecule has 2 rings (SSSR count). The third kappa shape index (κ3) is 3.72. The number of carboxylic acids is 1. The molecule has 0 atom stereocenters. The van der Waals surface area contributed by atoms with Gasteiger partial charge in [-0.2, -0.15) is 4.98 Å². The van der Waals surface area contributed by atoms with Crippen LogP contribution in [-0.4, -0.2) is 21.2 Å². The van der Waals surface area contributed by atoms with E-state index >= 15 is 0 Å². The second kappa shape index (κ2) is 5.73. The predicted octanol–water partition coefficient (Wildman–Crippen LogP) is 3.30. The van der Waals surface area contributed by atoms with Gasteiger partial charge in [0.25, 0.3) is 0 Å². The van der Waals surface area contributed by atoms with Gasteiger partial charge in [0.15, 0.2) is 6.61 Å². The van der Waals surface area contributed by atoms with Crippen molar-refractivity contribution < 1.29 is 19.2 Å². The number of hydrogen-bond donors (Lipinski definition) is 1. The van der Waals surface area contributed by atoms with Crippen LogP contribution in [0.1, 0.15) is 42.8 Å². The van der Waals surface area contributed by atoms with Crippen molar-refractivity contribution in [3.8, 4) is 5.75 Å². The van der Waals surface area contributed by atoms with Gasteiger partial charge in [0.05, 0.1) is 0 Å². The molecule has 0 unspecified atom stereocenters. The summed E-state index contributed by atoms with van der Waals surface area (Å²) in [6, 6.07) is 4.38. The molecule has 6 nitrogen and oxygen atoms in total. The van der Waals surface area contributed by atoms with Gasteiger partial charge in [-0.05, 0) is 18.2 Å². The van der Waals surface area contributed by atoms with E-state index in [1.807, 2.05) is 20.8 Å². The Bertz CT molecular complexity index is 661. The Balaban J connectivity index is 2.13. The quantitative estimate of drug-likeness (QED) is 0.932. The summed E-state index contributed by atoms with van der Waals surface area (Å²) in [5.74, 6) is -0.0631. The largest absolute Gasteiger partial charge is 0.485 e. The standard InChI is InChI=1S/C14H15ClN2O4/c1-14(2,3)13-16-11(17-21-13)7-20-10-5-4-8(15)6-9(10)12(18)19/h4-6H,7H2,1-3H3,(H,18,19). The molecule has 0 fully saturated rings. The van der Waals surface area contributed by atoms with Crippen molar-refractivity contribution in [3.63, 3.8) is 0 Å². The Kier molecular flexibility index (Phi) is 4.18. The van der Waals surface area contributed by atoms with Gasteiger partial charge < -0.3 is 14.4 Å². The SMILES string of the molecule is CC(C)(C)c1nc(COc2ccc(Cl)cc2C(=O)O)no1. The predicted molar refractivity (Wildman–Crippen MR) is 75.7 cm³/mol. The van der Waals surface area contributed by atoms with Crippen molar-refractivity contribution in [1.82, 2.24) is 10.1 Å². The maximum Gasteiger partial charge on any atom is 0.339 e. The molecule has 0 saturated heterocycles. The van der Waals surface area contributed by atoms with Crippen molar-refractivity contribution in [1.29, 1.82) is 0 Å². The minimum absolute atomic E-state index is 0.0120. The van der Waals surface area contributed by atoms with Crippen molar-refractivity contribution in [2.24, 2.45) is 0 Å². The molecule has 0 aliphatic heterocycles. The first-order valence-electron chi connectivity index (χ1n) is 6.26. The number of ether oxygens (including phenoxy) is 1. The van der Waals surface area contributed by atoms with E-state index in [4.69, 9.17) is 26.0 Å². The van der Waals surface area contributed by atoms with Gasteiger partial charge in [-0.25, -0.2) is 4.79 Å². The molecular formula is C14H15ClN2O4. The number of nitrogens with zero attached hydrogens (tertiary/aromatic N) is 2. The topological polar surface area (TPSA) is 85.5 Å². The summed E-state index contributed by atoms with van der Waals surface area (Å²) in [5.41, 5.74) is -0.264. The first kappa shape index (κ1) is 15.3. The van der Waals surface area contributed by atoms with Gasteiger partial charge in [-0.3, -0.25) is 0 Å². The number of aromatic carboxylic acids is 1. The molecule has 0 saturated carbocycles. The summed E-state index contributed by atoms with van der Waals surface area (Å²) in [6.45, 7) is 5.87. The molecule has 112 valence electrons. The zero-order chi connectivity index (χ0) is 15.6. The maximum absolute atomic E-state index is 11.1. The highest BCUT2D eigenvalue weighted by atomic mass is 35.5. The summed E-state index contributed by atoms with van der Waals surface area (Å²) in [6.07, 6.45) is 0. The lowest BCUT2D eigenvalue weighted by atomic mass is 9.97. The van der Waals surface area contributed by atoms with E-state index in [0.29, 0.717) is 16.7 Å². The zero-order valence-electron chi connectivity index (χ0n) is 11.9. The summed E-state index contributed by atoms with van der Waals surface area (Å²) < 4.78 is 10.6. The Morgan fingerprint density at radius 2 is 2.14 bits per heavy atom. The van der Waals surface area contributed by atoms with E-state index in [0.717, 1.165) is 0 Å². The van der Waals surface area contributed by atoms with E-state index in [2.05, 4.69) is 10.1 Å². The second-order valence-electron chi connectivity index (χ2n) is 5.50. The second-order valence-corrected chi connectivity index (χ2v) is 5.94. The Morgan fingerprint density at radius 3 is 2.71 bits per heavy atom. The first-order valence-corrected chi connectivity index (χ1v) is 6.64. The van der Waals surface area contributed by atoms with Crippen LogP contribution in [0.15, 0.2) is 22.7 Å². The summed E-state index contributed by atoms with van der Waals surface area (Å²) in [5, 5.41) is 13.2. The molecule has 2 aromatic rings. The van der Waals surface area contributed by atoms with Gasteiger partial charge in [0.1, 0.15) is 11.3 Å². The molecule has 0 radical (unpaired) electrons. The Morgan fingerprint density at radius 1 is 1.43 bits per heavy atom. The molecule has 0 spiro atoms. The smallest absolute Gasteiger partial charge is 0.339 e. The normalized spacial score (nSPS) is 11.4. The molecule has 0 bridgehead atoms. The lowest BCUT2D eigenvalue weighted by molar-refractivity contribution is 0.0691. The summed E-state index contributed by atoms with van der Waals surface area (Å²) >= 11 is 5.77. The molecule has 1 aromatic carbocycles. The molecule has 1 aromatic heterocycles. The van der Waals surface area contributed by atoms with Gasteiger partial charge in [-0.1, -0.05) is 37.5 Å². The molecule has 1 heterocycles. The van der Waals surface area contributed by atoms with Gasteiger partial charge >= 0.3 is 5.97 Å². The first-order chi connectivity index (χ1) is 9.77. The van der Waals surface area contributed by atoms with Crippen LogP contribution >= 0.6 is 11.6 Å². The highest BCUT2D eigenvalue weighted by molar-refractivity contribution is 6.31. The summed E-state index contributed by atoms with van der Waals surface area (Å²) in [4.78, 5) is 15.3. The number of halogens is 1. The van der Waals surface area contributed by atoms with Crippen LogP contribution in [0.4, 0.5) is 0 Å². The van der Waals surface area contributed by atoms with E-state index in [1.54, 1.807) is 6.07 Å².